The normalized spacial score (nSPS) is 53.2. The van der Waals surface area contributed by atoms with Crippen molar-refractivity contribution in [1.82, 2.24) is 5.32 Å². The summed E-state index contributed by atoms with van der Waals surface area (Å²) in [6, 6.07) is 0. The molecule has 1 atom stereocenters. The molecule has 4 fully saturated rings. The van der Waals surface area contributed by atoms with Crippen molar-refractivity contribution in [3.8, 4) is 0 Å². The molecular weight excluding hydrogens is 197 g/mol. The van der Waals surface area contributed by atoms with Crippen LogP contribution in [0.25, 0.3) is 0 Å². The Morgan fingerprint density at radius 2 is 2.31 bits per heavy atom. The van der Waals surface area contributed by atoms with Gasteiger partial charge in [-0.05, 0) is 12.8 Å². The molecule has 4 rings (SSSR count). The van der Waals surface area contributed by atoms with Gasteiger partial charge in [0, 0.05) is 6.54 Å². The SMILES string of the molecule is O=C1NCCCC2OP3(=O)OC12O3. The summed E-state index contributed by atoms with van der Waals surface area (Å²) in [5.74, 6) is -1.77. The summed E-state index contributed by atoms with van der Waals surface area (Å²) in [4.78, 5) is 11.4. The van der Waals surface area contributed by atoms with Gasteiger partial charge in [0.1, 0.15) is 6.10 Å². The van der Waals surface area contributed by atoms with Crippen molar-refractivity contribution in [2.24, 2.45) is 0 Å². The molecule has 1 unspecified atom stereocenters. The number of hydrogen-bond donors (Lipinski definition) is 1. The Kier molecular flexibility index (Phi) is 1.31. The maximum atomic E-state index is 11.4. The molecule has 4 aliphatic rings. The van der Waals surface area contributed by atoms with E-state index in [4.69, 9.17) is 13.6 Å². The molecule has 2 bridgehead atoms. The van der Waals surface area contributed by atoms with Gasteiger partial charge in [0.15, 0.2) is 0 Å². The second-order valence-corrected chi connectivity index (χ2v) is 4.76. The first kappa shape index (κ1) is 7.94. The zero-order chi connectivity index (χ0) is 9.10. The van der Waals surface area contributed by atoms with Gasteiger partial charge in [-0.25, -0.2) is 13.6 Å². The van der Waals surface area contributed by atoms with Crippen LogP contribution in [-0.2, 0) is 22.9 Å². The first-order valence-corrected chi connectivity index (χ1v) is 5.59. The molecular formula is C6H8NO5P. The van der Waals surface area contributed by atoms with Crippen LogP contribution in [0.2, 0.25) is 0 Å². The molecule has 4 saturated heterocycles. The van der Waals surface area contributed by atoms with Gasteiger partial charge in [-0.3, -0.25) is 9.32 Å². The summed E-state index contributed by atoms with van der Waals surface area (Å²) >= 11 is 0. The average Bonchev–Trinajstić information content (AvgIpc) is 2.41. The molecule has 13 heavy (non-hydrogen) atoms. The first-order valence-electron chi connectivity index (χ1n) is 4.13. The minimum atomic E-state index is -3.33. The Morgan fingerprint density at radius 3 is 3.08 bits per heavy atom. The van der Waals surface area contributed by atoms with E-state index in [0.29, 0.717) is 13.0 Å². The zero-order valence-corrected chi connectivity index (χ0v) is 7.58. The van der Waals surface area contributed by atoms with Gasteiger partial charge in [0.05, 0.1) is 0 Å². The first-order chi connectivity index (χ1) is 6.15. The highest BCUT2D eigenvalue weighted by molar-refractivity contribution is 7.50. The Bertz CT molecular complexity index is 319. The molecule has 72 valence electrons. The molecule has 4 aliphatic heterocycles. The molecule has 0 aromatic carbocycles. The Balaban J connectivity index is 1.99. The standard InChI is InChI=1S/C6H8NO5P/c8-5-6-4(2-1-3-7-5)10-13(9,11-6)12-6/h4H,1-3H2,(H,7,8). The maximum Gasteiger partial charge on any atom is 0.481 e. The van der Waals surface area contributed by atoms with E-state index in [2.05, 4.69) is 5.32 Å². The van der Waals surface area contributed by atoms with Gasteiger partial charge in [-0.1, -0.05) is 0 Å². The van der Waals surface area contributed by atoms with Crippen LogP contribution in [0.4, 0.5) is 0 Å². The van der Waals surface area contributed by atoms with Crippen molar-refractivity contribution in [3.05, 3.63) is 0 Å². The van der Waals surface area contributed by atoms with E-state index in [1.165, 1.54) is 0 Å². The second-order valence-electron chi connectivity index (χ2n) is 3.29. The molecule has 1 spiro atoms. The van der Waals surface area contributed by atoms with E-state index >= 15 is 0 Å². The largest absolute Gasteiger partial charge is 0.481 e. The molecule has 0 saturated carbocycles. The fraction of sp³-hybridized carbons (Fsp3) is 0.833. The number of nitrogens with one attached hydrogen (secondary N) is 1. The molecule has 1 N–H and O–H groups in total. The van der Waals surface area contributed by atoms with Gasteiger partial charge in [0.25, 0.3) is 11.7 Å². The Labute approximate surface area is 74.1 Å². The summed E-state index contributed by atoms with van der Waals surface area (Å²) in [6.45, 7) is 0.581. The molecule has 0 aromatic heterocycles. The van der Waals surface area contributed by atoms with Crippen molar-refractivity contribution in [1.29, 1.82) is 0 Å². The van der Waals surface area contributed by atoms with Gasteiger partial charge in [-0.15, -0.1) is 0 Å². The fourth-order valence-corrected chi connectivity index (χ4v) is 3.53. The zero-order valence-electron chi connectivity index (χ0n) is 6.69. The van der Waals surface area contributed by atoms with E-state index in [1.54, 1.807) is 0 Å². The highest BCUT2D eigenvalue weighted by Gasteiger charge is 2.75. The highest BCUT2D eigenvalue weighted by Crippen LogP contribution is 2.74. The third-order valence-corrected chi connectivity index (χ3v) is 3.92. The summed E-state index contributed by atoms with van der Waals surface area (Å²) in [5.41, 5.74) is 0. The van der Waals surface area contributed by atoms with Crippen LogP contribution >= 0.6 is 7.82 Å². The molecule has 4 heterocycles. The minimum Gasteiger partial charge on any atom is -0.351 e. The fourth-order valence-electron chi connectivity index (χ4n) is 1.81. The van der Waals surface area contributed by atoms with Crippen LogP contribution in [0, 0.1) is 0 Å². The topological polar surface area (TPSA) is 73.9 Å². The lowest BCUT2D eigenvalue weighted by molar-refractivity contribution is -0.194. The Morgan fingerprint density at radius 1 is 1.54 bits per heavy atom. The second kappa shape index (κ2) is 2.15. The maximum absolute atomic E-state index is 11.4. The predicted octanol–water partition coefficient (Wildman–Crippen LogP) is 0.146. The molecule has 0 aliphatic carbocycles. The van der Waals surface area contributed by atoms with Gasteiger partial charge in [0.2, 0.25) is 0 Å². The number of phosphoric ester groups is 1. The number of rotatable bonds is 0. The van der Waals surface area contributed by atoms with Crippen LogP contribution in [-0.4, -0.2) is 24.3 Å². The summed E-state index contributed by atoms with van der Waals surface area (Å²) in [5, 5.41) is 2.62. The van der Waals surface area contributed by atoms with Crippen molar-refractivity contribution >= 4 is 13.7 Å². The molecule has 0 aromatic rings. The lowest BCUT2D eigenvalue weighted by Crippen LogP contribution is -2.55. The third kappa shape index (κ3) is 0.840. The number of amides is 1. The minimum absolute atomic E-state index is 0.376. The average molecular weight is 205 g/mol. The van der Waals surface area contributed by atoms with Crippen molar-refractivity contribution in [2.75, 3.05) is 6.54 Å². The lowest BCUT2D eigenvalue weighted by atomic mass is 10.1. The molecule has 7 heteroatoms. The van der Waals surface area contributed by atoms with E-state index in [1.807, 2.05) is 0 Å². The number of hydrogen-bond acceptors (Lipinski definition) is 5. The van der Waals surface area contributed by atoms with Crippen LogP contribution in [0.1, 0.15) is 12.8 Å². The van der Waals surface area contributed by atoms with Crippen molar-refractivity contribution in [3.63, 3.8) is 0 Å². The van der Waals surface area contributed by atoms with Gasteiger partial charge >= 0.3 is 7.82 Å². The van der Waals surface area contributed by atoms with E-state index < -0.39 is 19.7 Å². The monoisotopic (exact) mass is 205 g/mol. The molecule has 0 radical (unpaired) electrons. The van der Waals surface area contributed by atoms with Crippen LogP contribution < -0.4 is 5.32 Å². The lowest BCUT2D eigenvalue weighted by Gasteiger charge is -2.32. The number of carbonyl (C=O) groups excluding carboxylic acids is 1. The Hall–Kier alpha value is -0.420. The predicted molar refractivity (Wildman–Crippen MR) is 39.6 cm³/mol. The van der Waals surface area contributed by atoms with Crippen LogP contribution in [0.5, 0.6) is 0 Å². The van der Waals surface area contributed by atoms with Crippen molar-refractivity contribution < 1.29 is 22.9 Å². The summed E-state index contributed by atoms with van der Waals surface area (Å²) < 4.78 is 26.1. The quantitative estimate of drug-likeness (QED) is 0.569. The highest BCUT2D eigenvalue weighted by atomic mass is 31.2. The van der Waals surface area contributed by atoms with Crippen LogP contribution in [0.3, 0.4) is 0 Å². The van der Waals surface area contributed by atoms with Crippen molar-refractivity contribution in [2.45, 2.75) is 24.7 Å². The van der Waals surface area contributed by atoms with Crippen LogP contribution in [0.15, 0.2) is 0 Å². The van der Waals surface area contributed by atoms with E-state index in [-0.39, 0.29) is 5.91 Å². The summed E-state index contributed by atoms with van der Waals surface area (Å²) in [7, 11) is -3.33. The van der Waals surface area contributed by atoms with E-state index in [0.717, 1.165) is 6.42 Å². The van der Waals surface area contributed by atoms with E-state index in [9.17, 15) is 9.36 Å². The molecule has 1 amide bonds. The van der Waals surface area contributed by atoms with Gasteiger partial charge < -0.3 is 5.32 Å². The number of carbonyl (C=O) groups is 1. The molecule has 6 nitrogen and oxygen atoms in total. The smallest absolute Gasteiger partial charge is 0.351 e. The van der Waals surface area contributed by atoms with Gasteiger partial charge in [-0.2, -0.15) is 0 Å². The number of phosphoric acid groups is 1. The summed E-state index contributed by atoms with van der Waals surface area (Å²) in [6.07, 6.45) is 0.911. The third-order valence-electron chi connectivity index (χ3n) is 2.42.